The van der Waals surface area contributed by atoms with E-state index in [1.54, 1.807) is 0 Å². The number of nitrogen functional groups attached to an aromatic ring is 1. The molecular weight excluding hydrogens is 299 g/mol. The lowest BCUT2D eigenvalue weighted by Crippen LogP contribution is -2.42. The minimum absolute atomic E-state index is 0.180. The number of carbonyl (C=O) groups is 1. The number of hydrogen-bond donors (Lipinski definition) is 2. The van der Waals surface area contributed by atoms with Gasteiger partial charge in [0.25, 0.3) is 0 Å². The molecule has 1 aromatic rings. The molecule has 1 unspecified atom stereocenters. The molecule has 1 aromatic heterocycles. The van der Waals surface area contributed by atoms with Crippen molar-refractivity contribution in [3.05, 3.63) is 22.7 Å². The third-order valence-corrected chi connectivity index (χ3v) is 2.84. The number of aliphatic hydroxyl groups is 1. The van der Waals surface area contributed by atoms with E-state index < -0.39 is 42.9 Å². The first-order valence-corrected chi connectivity index (χ1v) is 5.61. The maximum absolute atomic E-state index is 13.9. The van der Waals surface area contributed by atoms with E-state index in [2.05, 4.69) is 9.72 Å². The predicted octanol–water partition coefficient (Wildman–Crippen LogP) is -0.175. The predicted molar refractivity (Wildman–Crippen MR) is 60.2 cm³/mol. The zero-order valence-corrected chi connectivity index (χ0v) is 10.3. The highest BCUT2D eigenvalue weighted by Crippen LogP contribution is 2.42. The monoisotopic (exact) mass is 309 g/mol. The number of ether oxygens (including phenoxy) is 2. The lowest BCUT2D eigenvalue weighted by atomic mass is 10.1. The van der Waals surface area contributed by atoms with Gasteiger partial charge in [-0.1, -0.05) is 0 Å². The van der Waals surface area contributed by atoms with Gasteiger partial charge >= 0.3 is 17.8 Å². The number of alkyl halides is 2. The number of hydrogen-bond acceptors (Lipinski definition) is 7. The van der Waals surface area contributed by atoms with Crippen LogP contribution in [-0.4, -0.2) is 45.6 Å². The molecular formula is C10H10F3N3O5. The van der Waals surface area contributed by atoms with E-state index >= 15 is 0 Å². The number of nitrogens with two attached hydrogens (primary N) is 1. The Balaban J connectivity index is 2.27. The molecule has 0 spiro atoms. The molecule has 21 heavy (non-hydrogen) atoms. The molecule has 0 aliphatic carbocycles. The first kappa shape index (κ1) is 15.3. The lowest BCUT2D eigenvalue weighted by Gasteiger charge is -2.20. The van der Waals surface area contributed by atoms with Crippen molar-refractivity contribution in [3.63, 3.8) is 0 Å². The highest BCUT2D eigenvalue weighted by molar-refractivity contribution is 5.57. The van der Waals surface area contributed by atoms with Crippen LogP contribution in [0.1, 0.15) is 6.23 Å². The van der Waals surface area contributed by atoms with Crippen LogP contribution in [-0.2, 0) is 9.47 Å². The number of anilines is 1. The largest absolute Gasteiger partial charge is 0.495 e. The Labute approximate surface area is 114 Å². The number of halogens is 3. The summed E-state index contributed by atoms with van der Waals surface area (Å²) in [5.41, 5.74) is 4.11. The van der Waals surface area contributed by atoms with Crippen molar-refractivity contribution in [2.75, 3.05) is 12.3 Å². The zero-order valence-electron chi connectivity index (χ0n) is 10.3. The summed E-state index contributed by atoms with van der Waals surface area (Å²) in [4.78, 5) is 24.8. The van der Waals surface area contributed by atoms with Crippen LogP contribution >= 0.6 is 0 Å². The van der Waals surface area contributed by atoms with E-state index in [1.165, 1.54) is 0 Å². The number of carbonyl (C=O) groups excluding carboxylic acids is 1. The van der Waals surface area contributed by atoms with Crippen LogP contribution in [0.25, 0.3) is 0 Å². The van der Waals surface area contributed by atoms with Gasteiger partial charge in [0.2, 0.25) is 6.23 Å². The van der Waals surface area contributed by atoms with Gasteiger partial charge in [-0.25, -0.2) is 9.59 Å². The van der Waals surface area contributed by atoms with E-state index in [-0.39, 0.29) is 5.82 Å². The topological polar surface area (TPSA) is 117 Å². The molecule has 3 N–H and O–H groups in total. The Hall–Kier alpha value is -2.14. The summed E-state index contributed by atoms with van der Waals surface area (Å²) in [7, 11) is 0. The van der Waals surface area contributed by atoms with E-state index in [0.717, 1.165) is 12.3 Å². The molecule has 1 aliphatic heterocycles. The number of aromatic nitrogens is 2. The fourth-order valence-corrected chi connectivity index (χ4v) is 1.86. The SMILES string of the molecule is Nc1ccn([C@@H]2O[C@H](COC(=O)F)C(O)C2(F)F)c(=O)n1. The summed E-state index contributed by atoms with van der Waals surface area (Å²) in [6.07, 6.45) is -7.57. The van der Waals surface area contributed by atoms with E-state index in [0.29, 0.717) is 4.57 Å². The summed E-state index contributed by atoms with van der Waals surface area (Å²) in [5, 5.41) is 9.46. The first-order valence-electron chi connectivity index (χ1n) is 5.61. The van der Waals surface area contributed by atoms with Crippen molar-refractivity contribution in [1.82, 2.24) is 9.55 Å². The van der Waals surface area contributed by atoms with Gasteiger partial charge in [-0.3, -0.25) is 4.57 Å². The second kappa shape index (κ2) is 5.33. The van der Waals surface area contributed by atoms with Gasteiger partial charge in [0, 0.05) is 6.20 Å². The molecule has 8 nitrogen and oxygen atoms in total. The number of aliphatic hydroxyl groups excluding tert-OH is 1. The second-order valence-corrected chi connectivity index (χ2v) is 4.24. The Bertz CT molecular complexity index is 608. The normalized spacial score (nSPS) is 27.5. The van der Waals surface area contributed by atoms with Crippen molar-refractivity contribution < 1.29 is 32.5 Å². The van der Waals surface area contributed by atoms with Gasteiger partial charge in [-0.15, -0.1) is 4.39 Å². The fraction of sp³-hybridized carbons (Fsp3) is 0.500. The zero-order chi connectivity index (χ0) is 15.8. The minimum Gasteiger partial charge on any atom is -0.437 e. The first-order chi connectivity index (χ1) is 9.73. The van der Waals surface area contributed by atoms with Gasteiger partial charge in [0.05, 0.1) is 0 Å². The van der Waals surface area contributed by atoms with E-state index in [4.69, 9.17) is 10.5 Å². The summed E-state index contributed by atoms with van der Waals surface area (Å²) >= 11 is 0. The maximum atomic E-state index is 13.9. The quantitative estimate of drug-likeness (QED) is 0.744. The van der Waals surface area contributed by atoms with Gasteiger partial charge in [-0.2, -0.15) is 13.8 Å². The van der Waals surface area contributed by atoms with Gasteiger partial charge in [-0.05, 0) is 6.07 Å². The summed E-state index contributed by atoms with van der Waals surface area (Å²) in [5.74, 6) is -4.06. The van der Waals surface area contributed by atoms with Crippen LogP contribution in [0.5, 0.6) is 0 Å². The highest BCUT2D eigenvalue weighted by atomic mass is 19.3. The van der Waals surface area contributed by atoms with Gasteiger partial charge < -0.3 is 20.3 Å². The maximum Gasteiger partial charge on any atom is 0.495 e. The minimum atomic E-state index is -3.88. The molecule has 1 aliphatic rings. The molecule has 11 heteroatoms. The van der Waals surface area contributed by atoms with E-state index in [1.807, 2.05) is 0 Å². The molecule has 2 rings (SSSR count). The highest BCUT2D eigenvalue weighted by Gasteiger charge is 2.60. The molecule has 116 valence electrons. The number of nitrogens with zero attached hydrogens (tertiary/aromatic N) is 2. The molecule has 1 saturated heterocycles. The average Bonchev–Trinajstić information content (AvgIpc) is 2.60. The Morgan fingerprint density at radius 3 is 2.86 bits per heavy atom. The standard InChI is InChI=1S/C10H10F3N3O5/c11-8(18)20-3-4-6(17)10(12,13)7(21-4)16-2-1-5(14)15-9(16)19/h1-2,4,6-7,17H,3H2,(H2,14,15,19)/t4-,6?,7-/m1/s1. The molecule has 3 atom stereocenters. The summed E-state index contributed by atoms with van der Waals surface area (Å²) in [6, 6.07) is 1.09. The lowest BCUT2D eigenvalue weighted by molar-refractivity contribution is -0.141. The van der Waals surface area contributed by atoms with Crippen LogP contribution in [0.4, 0.5) is 23.8 Å². The summed E-state index contributed by atoms with van der Waals surface area (Å²) < 4.78 is 48.9. The third-order valence-electron chi connectivity index (χ3n) is 2.84. The van der Waals surface area contributed by atoms with E-state index in [9.17, 15) is 27.9 Å². The Kier molecular flexibility index (Phi) is 3.87. The van der Waals surface area contributed by atoms with Crippen LogP contribution in [0.2, 0.25) is 0 Å². The van der Waals surface area contributed by atoms with Crippen molar-refractivity contribution >= 4 is 12.0 Å². The Morgan fingerprint density at radius 1 is 1.62 bits per heavy atom. The molecule has 0 aromatic carbocycles. The van der Waals surface area contributed by atoms with Crippen LogP contribution in [0.15, 0.2) is 17.1 Å². The molecule has 0 saturated carbocycles. The molecule has 0 amide bonds. The number of rotatable bonds is 3. The second-order valence-electron chi connectivity index (χ2n) is 4.24. The van der Waals surface area contributed by atoms with Gasteiger partial charge in [0.1, 0.15) is 18.5 Å². The van der Waals surface area contributed by atoms with Crippen molar-refractivity contribution in [3.8, 4) is 0 Å². The van der Waals surface area contributed by atoms with Crippen molar-refractivity contribution in [2.24, 2.45) is 0 Å². The molecule has 0 radical (unpaired) electrons. The molecule has 0 bridgehead atoms. The Morgan fingerprint density at radius 2 is 2.29 bits per heavy atom. The fourth-order valence-electron chi connectivity index (χ4n) is 1.86. The third kappa shape index (κ3) is 2.83. The smallest absolute Gasteiger partial charge is 0.437 e. The molecule has 2 heterocycles. The van der Waals surface area contributed by atoms with Crippen LogP contribution < -0.4 is 11.4 Å². The van der Waals surface area contributed by atoms with Crippen molar-refractivity contribution in [1.29, 1.82) is 0 Å². The van der Waals surface area contributed by atoms with Gasteiger partial charge in [0.15, 0.2) is 6.10 Å². The van der Waals surface area contributed by atoms with Crippen LogP contribution in [0.3, 0.4) is 0 Å². The average molecular weight is 309 g/mol. The summed E-state index contributed by atoms with van der Waals surface area (Å²) in [6.45, 7) is -0.931. The van der Waals surface area contributed by atoms with Crippen LogP contribution in [0, 0.1) is 0 Å². The van der Waals surface area contributed by atoms with Crippen molar-refractivity contribution in [2.45, 2.75) is 24.4 Å². The molecule has 1 fully saturated rings.